The van der Waals surface area contributed by atoms with E-state index in [4.69, 9.17) is 11.0 Å². The van der Waals surface area contributed by atoms with Crippen molar-refractivity contribution in [2.45, 2.75) is 13.3 Å². The quantitative estimate of drug-likeness (QED) is 0.914. The summed E-state index contributed by atoms with van der Waals surface area (Å²) >= 11 is 4.86. The molecular weight excluding hydrogens is 338 g/mol. The number of carbonyl (C=O) groups excluding carboxylic acids is 1. The third kappa shape index (κ3) is 2.65. The van der Waals surface area contributed by atoms with Gasteiger partial charge in [-0.05, 0) is 19.1 Å². The molecule has 1 amide bonds. The summed E-state index contributed by atoms with van der Waals surface area (Å²) in [4.78, 5) is 14.7. The maximum Gasteiger partial charge on any atom is 0.266 e. The van der Waals surface area contributed by atoms with Crippen molar-refractivity contribution in [1.82, 2.24) is 4.90 Å². The van der Waals surface area contributed by atoms with E-state index in [0.29, 0.717) is 30.1 Å². The van der Waals surface area contributed by atoms with E-state index in [1.807, 2.05) is 25.1 Å². The van der Waals surface area contributed by atoms with Crippen molar-refractivity contribution in [3.63, 3.8) is 0 Å². The van der Waals surface area contributed by atoms with Crippen LogP contribution in [0, 0.1) is 11.3 Å². The molecule has 0 bridgehead atoms. The van der Waals surface area contributed by atoms with Crippen LogP contribution in [-0.4, -0.2) is 23.9 Å². The molecule has 4 nitrogen and oxygen atoms in total. The molecule has 104 valence electrons. The number of hydrogen-bond donors (Lipinski definition) is 1. The average Bonchev–Trinajstić information content (AvgIpc) is 2.78. The molecule has 0 saturated carbocycles. The summed E-state index contributed by atoms with van der Waals surface area (Å²) in [5, 5.41) is 9.54. The number of amides is 1. The predicted molar refractivity (Wildman–Crippen MR) is 85.7 cm³/mol. The molecule has 20 heavy (non-hydrogen) atoms. The van der Waals surface area contributed by atoms with Gasteiger partial charge in [-0.25, -0.2) is 0 Å². The second-order valence-corrected chi connectivity index (χ2v) is 6.16. The fourth-order valence-corrected chi connectivity index (χ4v) is 3.85. The highest BCUT2D eigenvalue weighted by Crippen LogP contribution is 2.38. The van der Waals surface area contributed by atoms with Gasteiger partial charge in [0.15, 0.2) is 0 Å². The summed E-state index contributed by atoms with van der Waals surface area (Å²) in [5.41, 5.74) is 6.64. The highest BCUT2D eigenvalue weighted by atomic mass is 79.9. The Morgan fingerprint density at radius 2 is 2.30 bits per heavy atom. The average molecular weight is 352 g/mol. The SMILES string of the molecule is CCN(CCC#N)C(=O)c1sc2cccc(Br)c2c1N. The number of thiophene rings is 1. The van der Waals surface area contributed by atoms with E-state index in [9.17, 15) is 4.79 Å². The number of nitrogens with zero attached hydrogens (tertiary/aromatic N) is 2. The second kappa shape index (κ2) is 6.25. The highest BCUT2D eigenvalue weighted by Gasteiger charge is 2.21. The van der Waals surface area contributed by atoms with Crippen LogP contribution in [0.5, 0.6) is 0 Å². The van der Waals surface area contributed by atoms with Crippen molar-refractivity contribution >= 4 is 48.9 Å². The molecule has 1 aromatic carbocycles. The van der Waals surface area contributed by atoms with Gasteiger partial charge in [0, 0.05) is 27.6 Å². The number of nitrogen functional groups attached to an aromatic ring is 1. The fraction of sp³-hybridized carbons (Fsp3) is 0.286. The molecule has 0 saturated heterocycles. The standard InChI is InChI=1S/C14H14BrN3OS/c1-2-18(8-4-7-16)14(19)13-12(17)11-9(15)5-3-6-10(11)20-13/h3,5-6H,2,4,8,17H2,1H3. The molecule has 0 unspecified atom stereocenters. The smallest absolute Gasteiger partial charge is 0.266 e. The number of nitriles is 1. The van der Waals surface area contributed by atoms with E-state index >= 15 is 0 Å². The maximum absolute atomic E-state index is 12.5. The Morgan fingerprint density at radius 1 is 1.55 bits per heavy atom. The molecule has 0 aliphatic carbocycles. The minimum atomic E-state index is -0.103. The summed E-state index contributed by atoms with van der Waals surface area (Å²) in [6.07, 6.45) is 0.327. The van der Waals surface area contributed by atoms with Gasteiger partial charge in [0.2, 0.25) is 0 Å². The Morgan fingerprint density at radius 3 is 2.90 bits per heavy atom. The van der Waals surface area contributed by atoms with Gasteiger partial charge in [-0.3, -0.25) is 4.79 Å². The molecule has 0 fully saturated rings. The summed E-state index contributed by atoms with van der Waals surface area (Å²) in [7, 11) is 0. The van der Waals surface area contributed by atoms with Crippen LogP contribution in [0.15, 0.2) is 22.7 Å². The van der Waals surface area contributed by atoms with Gasteiger partial charge in [-0.1, -0.05) is 22.0 Å². The number of nitrogens with two attached hydrogens (primary N) is 1. The number of rotatable bonds is 4. The van der Waals surface area contributed by atoms with Gasteiger partial charge in [-0.2, -0.15) is 5.26 Å². The number of benzene rings is 1. The molecule has 1 aromatic heterocycles. The Labute approximate surface area is 129 Å². The lowest BCUT2D eigenvalue weighted by Gasteiger charge is -2.18. The normalized spacial score (nSPS) is 10.4. The van der Waals surface area contributed by atoms with Crippen molar-refractivity contribution < 1.29 is 4.79 Å². The monoisotopic (exact) mass is 351 g/mol. The zero-order valence-corrected chi connectivity index (χ0v) is 13.4. The number of carbonyl (C=O) groups is 1. The van der Waals surface area contributed by atoms with Crippen LogP contribution >= 0.6 is 27.3 Å². The first-order valence-electron chi connectivity index (χ1n) is 6.22. The minimum Gasteiger partial charge on any atom is -0.397 e. The topological polar surface area (TPSA) is 70.1 Å². The number of halogens is 1. The van der Waals surface area contributed by atoms with Crippen LogP contribution in [0.25, 0.3) is 10.1 Å². The maximum atomic E-state index is 12.5. The first-order chi connectivity index (χ1) is 9.60. The lowest BCUT2D eigenvalue weighted by atomic mass is 10.2. The number of anilines is 1. The van der Waals surface area contributed by atoms with Gasteiger partial charge in [0.1, 0.15) is 4.88 Å². The van der Waals surface area contributed by atoms with Gasteiger partial charge >= 0.3 is 0 Å². The molecule has 1 heterocycles. The van der Waals surface area contributed by atoms with E-state index in [2.05, 4.69) is 22.0 Å². The summed E-state index contributed by atoms with van der Waals surface area (Å²) in [5.74, 6) is -0.103. The second-order valence-electron chi connectivity index (χ2n) is 4.25. The molecule has 0 aliphatic rings. The third-order valence-corrected chi connectivity index (χ3v) is 4.88. The lowest BCUT2D eigenvalue weighted by molar-refractivity contribution is 0.0773. The molecule has 6 heteroatoms. The molecule has 2 rings (SSSR count). The fourth-order valence-electron chi connectivity index (χ4n) is 2.02. The van der Waals surface area contributed by atoms with E-state index in [-0.39, 0.29) is 5.91 Å². The number of fused-ring (bicyclic) bond motifs is 1. The molecule has 0 spiro atoms. The van der Waals surface area contributed by atoms with Crippen LogP contribution in [-0.2, 0) is 0 Å². The Balaban J connectivity index is 2.42. The molecule has 0 radical (unpaired) electrons. The van der Waals surface area contributed by atoms with E-state index in [1.165, 1.54) is 11.3 Å². The summed E-state index contributed by atoms with van der Waals surface area (Å²) in [6, 6.07) is 7.84. The van der Waals surface area contributed by atoms with Gasteiger partial charge in [0.25, 0.3) is 5.91 Å². The van der Waals surface area contributed by atoms with Crippen LogP contribution in [0.4, 0.5) is 5.69 Å². The lowest BCUT2D eigenvalue weighted by Crippen LogP contribution is -2.31. The first-order valence-corrected chi connectivity index (χ1v) is 7.83. The zero-order valence-electron chi connectivity index (χ0n) is 11.0. The molecule has 2 N–H and O–H groups in total. The molecule has 0 atom stereocenters. The van der Waals surface area contributed by atoms with Crippen LogP contribution in [0.2, 0.25) is 0 Å². The van der Waals surface area contributed by atoms with Gasteiger partial charge in [0.05, 0.1) is 18.2 Å². The van der Waals surface area contributed by atoms with Crippen molar-refractivity contribution in [3.05, 3.63) is 27.5 Å². The first kappa shape index (κ1) is 14.8. The zero-order chi connectivity index (χ0) is 14.7. The number of hydrogen-bond acceptors (Lipinski definition) is 4. The van der Waals surface area contributed by atoms with Crippen LogP contribution in [0.1, 0.15) is 23.0 Å². The molecule has 2 aromatic rings. The van der Waals surface area contributed by atoms with Gasteiger partial charge in [-0.15, -0.1) is 11.3 Å². The van der Waals surface area contributed by atoms with Crippen LogP contribution < -0.4 is 5.73 Å². The van der Waals surface area contributed by atoms with Crippen molar-refractivity contribution in [2.24, 2.45) is 0 Å². The third-order valence-electron chi connectivity index (χ3n) is 3.06. The summed E-state index contributed by atoms with van der Waals surface area (Å²) in [6.45, 7) is 2.89. The van der Waals surface area contributed by atoms with E-state index < -0.39 is 0 Å². The van der Waals surface area contributed by atoms with E-state index in [0.717, 1.165) is 14.6 Å². The Hall–Kier alpha value is -1.58. The molecular formula is C14H14BrN3OS. The van der Waals surface area contributed by atoms with Crippen molar-refractivity contribution in [3.8, 4) is 6.07 Å². The van der Waals surface area contributed by atoms with Gasteiger partial charge < -0.3 is 10.6 Å². The summed E-state index contributed by atoms with van der Waals surface area (Å²) < 4.78 is 1.87. The largest absolute Gasteiger partial charge is 0.397 e. The minimum absolute atomic E-state index is 0.103. The highest BCUT2D eigenvalue weighted by molar-refractivity contribution is 9.10. The Kier molecular flexibility index (Phi) is 4.63. The van der Waals surface area contributed by atoms with Crippen molar-refractivity contribution in [2.75, 3.05) is 18.8 Å². The predicted octanol–water partition coefficient (Wildman–Crippen LogP) is 3.62. The van der Waals surface area contributed by atoms with Crippen LogP contribution in [0.3, 0.4) is 0 Å². The molecule has 0 aliphatic heterocycles. The van der Waals surface area contributed by atoms with E-state index in [1.54, 1.807) is 4.90 Å². The van der Waals surface area contributed by atoms with Crippen molar-refractivity contribution in [1.29, 1.82) is 5.26 Å². The Bertz CT molecular complexity index is 690.